The van der Waals surface area contributed by atoms with Gasteiger partial charge in [0.1, 0.15) is 17.8 Å². The zero-order chi connectivity index (χ0) is 20.8. The van der Waals surface area contributed by atoms with Crippen LogP contribution in [0.2, 0.25) is 0 Å². The smallest absolute Gasteiger partial charge is 0.338 e. The van der Waals surface area contributed by atoms with Gasteiger partial charge < -0.3 is 21.1 Å². The molecule has 0 atom stereocenters. The summed E-state index contributed by atoms with van der Waals surface area (Å²) in [6.45, 7) is 4.37. The summed E-state index contributed by atoms with van der Waals surface area (Å²) in [4.78, 5) is 24.6. The van der Waals surface area contributed by atoms with E-state index in [4.69, 9.17) is 10.5 Å². The average Bonchev–Trinajstić information content (AvgIpc) is 2.71. The Morgan fingerprint density at radius 2 is 1.76 bits per heavy atom. The highest BCUT2D eigenvalue weighted by molar-refractivity contribution is 9.10. The molecule has 8 nitrogen and oxygen atoms in total. The number of nitrogens with two attached hydrogens (primary N) is 1. The third-order valence-corrected chi connectivity index (χ3v) is 4.26. The van der Waals surface area contributed by atoms with E-state index in [2.05, 4.69) is 41.5 Å². The highest BCUT2D eigenvalue weighted by atomic mass is 79.9. The van der Waals surface area contributed by atoms with E-state index in [0.717, 1.165) is 10.2 Å². The van der Waals surface area contributed by atoms with Crippen LogP contribution in [0.4, 0.5) is 28.8 Å². The minimum absolute atomic E-state index is 0.288. The molecule has 2 heterocycles. The van der Waals surface area contributed by atoms with Gasteiger partial charge in [-0.25, -0.2) is 19.7 Å². The number of hydrogen-bond donors (Lipinski definition) is 3. The largest absolute Gasteiger partial charge is 0.462 e. The number of aromatic nitrogens is 3. The van der Waals surface area contributed by atoms with E-state index >= 15 is 0 Å². The molecule has 3 rings (SSSR count). The Labute approximate surface area is 177 Å². The van der Waals surface area contributed by atoms with Gasteiger partial charge in [0, 0.05) is 16.4 Å². The van der Waals surface area contributed by atoms with Crippen molar-refractivity contribution in [1.82, 2.24) is 15.0 Å². The molecule has 9 heteroatoms. The SMILES string of the molecule is CC(C)COC(=O)c1ccc(Nc2ncnc(Nc3ccc(Br)cn3)c2N)cc1. The third-order valence-electron chi connectivity index (χ3n) is 3.79. The molecule has 0 aliphatic heterocycles. The van der Waals surface area contributed by atoms with Crippen molar-refractivity contribution in [3.05, 3.63) is 59.0 Å². The Morgan fingerprint density at radius 3 is 2.38 bits per heavy atom. The van der Waals surface area contributed by atoms with Gasteiger partial charge in [-0.2, -0.15) is 0 Å². The summed E-state index contributed by atoms with van der Waals surface area (Å²) < 4.78 is 6.10. The van der Waals surface area contributed by atoms with E-state index in [1.165, 1.54) is 6.33 Å². The summed E-state index contributed by atoms with van der Waals surface area (Å²) >= 11 is 3.34. The van der Waals surface area contributed by atoms with Crippen LogP contribution in [0.1, 0.15) is 24.2 Å². The van der Waals surface area contributed by atoms with E-state index in [1.807, 2.05) is 19.9 Å². The molecule has 0 fully saturated rings. The lowest BCUT2D eigenvalue weighted by atomic mass is 10.2. The molecular weight excluding hydrogens is 436 g/mol. The predicted molar refractivity (Wildman–Crippen MR) is 117 cm³/mol. The van der Waals surface area contributed by atoms with E-state index in [1.54, 1.807) is 36.5 Å². The molecule has 0 spiro atoms. The number of pyridine rings is 1. The minimum Gasteiger partial charge on any atom is -0.462 e. The average molecular weight is 457 g/mol. The number of benzene rings is 1. The number of esters is 1. The van der Waals surface area contributed by atoms with Gasteiger partial charge in [0.2, 0.25) is 0 Å². The van der Waals surface area contributed by atoms with Crippen molar-refractivity contribution in [3.63, 3.8) is 0 Å². The lowest BCUT2D eigenvalue weighted by Gasteiger charge is -2.12. The van der Waals surface area contributed by atoms with Crippen LogP contribution < -0.4 is 16.4 Å². The van der Waals surface area contributed by atoms with Crippen molar-refractivity contribution in [2.24, 2.45) is 5.92 Å². The van der Waals surface area contributed by atoms with Crippen LogP contribution in [0.15, 0.2) is 53.4 Å². The quantitative estimate of drug-likeness (QED) is 0.444. The van der Waals surface area contributed by atoms with E-state index in [9.17, 15) is 4.79 Å². The van der Waals surface area contributed by atoms with Crippen molar-refractivity contribution in [1.29, 1.82) is 0 Å². The summed E-state index contributed by atoms with van der Waals surface area (Å²) in [5.74, 6) is 1.42. The molecule has 150 valence electrons. The first-order valence-corrected chi connectivity index (χ1v) is 9.75. The standard InChI is InChI=1S/C20H21BrN6O2/c1-12(2)10-29-20(28)13-3-6-15(7-4-13)26-18-17(22)19(25-11-24-18)27-16-8-5-14(21)9-23-16/h3-9,11-12H,10,22H2,1-2H3,(H2,23,24,25,26,27). The molecule has 0 aliphatic rings. The molecule has 2 aromatic heterocycles. The number of anilines is 5. The zero-order valence-electron chi connectivity index (χ0n) is 16.0. The second kappa shape index (κ2) is 9.33. The topological polar surface area (TPSA) is 115 Å². The van der Waals surface area contributed by atoms with Gasteiger partial charge in [-0.15, -0.1) is 0 Å². The van der Waals surface area contributed by atoms with Gasteiger partial charge in [-0.3, -0.25) is 0 Å². The molecule has 0 radical (unpaired) electrons. The van der Waals surface area contributed by atoms with Gasteiger partial charge in [0.25, 0.3) is 0 Å². The predicted octanol–water partition coefficient (Wildman–Crippen LogP) is 4.52. The number of nitrogen functional groups attached to an aromatic ring is 1. The number of carbonyl (C=O) groups excluding carboxylic acids is 1. The van der Waals surface area contributed by atoms with Crippen LogP contribution in [0.25, 0.3) is 0 Å². The monoisotopic (exact) mass is 456 g/mol. The van der Waals surface area contributed by atoms with Crippen LogP contribution in [0, 0.1) is 5.92 Å². The van der Waals surface area contributed by atoms with E-state index in [0.29, 0.717) is 35.3 Å². The van der Waals surface area contributed by atoms with Gasteiger partial charge in [0.15, 0.2) is 11.6 Å². The normalized spacial score (nSPS) is 10.6. The molecule has 3 aromatic rings. The first kappa shape index (κ1) is 20.5. The van der Waals surface area contributed by atoms with Crippen molar-refractivity contribution in [2.45, 2.75) is 13.8 Å². The minimum atomic E-state index is -0.347. The Hall–Kier alpha value is -3.20. The van der Waals surface area contributed by atoms with Crippen LogP contribution in [-0.2, 0) is 4.74 Å². The fourth-order valence-electron chi connectivity index (χ4n) is 2.32. The van der Waals surface area contributed by atoms with Crippen LogP contribution in [-0.4, -0.2) is 27.5 Å². The Kier molecular flexibility index (Phi) is 6.61. The molecule has 0 amide bonds. The molecule has 0 aliphatic carbocycles. The van der Waals surface area contributed by atoms with Gasteiger partial charge in [-0.05, 0) is 58.2 Å². The molecule has 29 heavy (non-hydrogen) atoms. The van der Waals surface area contributed by atoms with Crippen LogP contribution in [0.3, 0.4) is 0 Å². The molecule has 4 N–H and O–H groups in total. The molecule has 1 aromatic carbocycles. The van der Waals surface area contributed by atoms with E-state index in [-0.39, 0.29) is 11.9 Å². The van der Waals surface area contributed by atoms with Crippen molar-refractivity contribution >= 4 is 50.7 Å². The summed E-state index contributed by atoms with van der Waals surface area (Å²) in [7, 11) is 0. The van der Waals surface area contributed by atoms with E-state index < -0.39 is 0 Å². The lowest BCUT2D eigenvalue weighted by Crippen LogP contribution is -2.10. The summed E-state index contributed by atoms with van der Waals surface area (Å²) in [5, 5.41) is 6.19. The fourth-order valence-corrected chi connectivity index (χ4v) is 2.55. The number of carbonyl (C=O) groups is 1. The third kappa shape index (κ3) is 5.64. The Morgan fingerprint density at radius 1 is 1.07 bits per heavy atom. The Balaban J connectivity index is 1.70. The maximum Gasteiger partial charge on any atom is 0.338 e. The number of rotatable bonds is 7. The second-order valence-corrected chi connectivity index (χ2v) is 7.58. The maximum atomic E-state index is 12.0. The fraction of sp³-hybridized carbons (Fsp3) is 0.200. The van der Waals surface area contributed by atoms with Crippen molar-refractivity contribution < 1.29 is 9.53 Å². The number of hydrogen-bond acceptors (Lipinski definition) is 8. The lowest BCUT2D eigenvalue weighted by molar-refractivity contribution is 0.0459. The summed E-state index contributed by atoms with van der Waals surface area (Å²) in [6, 6.07) is 10.6. The molecule has 0 unspecified atom stereocenters. The number of ether oxygens (including phenoxy) is 1. The summed E-state index contributed by atoms with van der Waals surface area (Å²) in [5.41, 5.74) is 7.75. The first-order valence-electron chi connectivity index (χ1n) is 8.95. The van der Waals surface area contributed by atoms with Crippen molar-refractivity contribution in [2.75, 3.05) is 23.0 Å². The Bertz CT molecular complexity index is 977. The van der Waals surface area contributed by atoms with Gasteiger partial charge in [-0.1, -0.05) is 13.8 Å². The molecule has 0 saturated heterocycles. The highest BCUT2D eigenvalue weighted by Gasteiger charge is 2.11. The summed E-state index contributed by atoms with van der Waals surface area (Å²) in [6.07, 6.45) is 3.07. The number of nitrogens with zero attached hydrogens (tertiary/aromatic N) is 3. The molecular formula is C20H21BrN6O2. The van der Waals surface area contributed by atoms with Gasteiger partial charge >= 0.3 is 5.97 Å². The molecule has 0 saturated carbocycles. The highest BCUT2D eigenvalue weighted by Crippen LogP contribution is 2.28. The molecule has 0 bridgehead atoms. The second-order valence-electron chi connectivity index (χ2n) is 6.67. The van der Waals surface area contributed by atoms with Gasteiger partial charge in [0.05, 0.1) is 12.2 Å². The number of nitrogens with one attached hydrogen (secondary N) is 2. The first-order chi connectivity index (χ1) is 13.9. The number of halogens is 1. The zero-order valence-corrected chi connectivity index (χ0v) is 17.6. The maximum absolute atomic E-state index is 12.0. The van der Waals surface area contributed by atoms with Crippen molar-refractivity contribution in [3.8, 4) is 0 Å². The van der Waals surface area contributed by atoms with Crippen LogP contribution in [0.5, 0.6) is 0 Å². The van der Waals surface area contributed by atoms with Crippen LogP contribution >= 0.6 is 15.9 Å².